The van der Waals surface area contributed by atoms with Gasteiger partial charge in [0.1, 0.15) is 30.9 Å². The third-order valence-corrected chi connectivity index (χ3v) is 5.83. The topological polar surface area (TPSA) is 103 Å². The number of hydrogen-bond acceptors (Lipinski definition) is 6. The van der Waals surface area contributed by atoms with Crippen LogP contribution >= 0.6 is 0 Å². The minimum absolute atomic E-state index is 0.000735. The van der Waals surface area contributed by atoms with E-state index in [1.54, 1.807) is 6.92 Å². The first-order chi connectivity index (χ1) is 17.5. The Morgan fingerprint density at radius 3 is 2.72 bits per heavy atom. The van der Waals surface area contributed by atoms with Crippen LogP contribution in [0, 0.1) is 17.7 Å². The number of nitrogens with zero attached hydrogens (tertiary/aromatic N) is 3. The molecule has 0 bridgehead atoms. The Morgan fingerprint density at radius 2 is 2.03 bits per heavy atom. The van der Waals surface area contributed by atoms with Crippen molar-refractivity contribution in [3.8, 4) is 17.6 Å². The lowest BCUT2D eigenvalue weighted by atomic mass is 10.1. The zero-order valence-corrected chi connectivity index (χ0v) is 20.6. The summed E-state index contributed by atoms with van der Waals surface area (Å²) >= 11 is -1.91. The summed E-state index contributed by atoms with van der Waals surface area (Å²) in [4.78, 5) is 22.9. The Hall–Kier alpha value is -4.01. The van der Waals surface area contributed by atoms with Gasteiger partial charge in [0.2, 0.25) is 0 Å². The van der Waals surface area contributed by atoms with E-state index in [9.17, 15) is 13.8 Å². The molecule has 0 aliphatic carbocycles. The predicted molar refractivity (Wildman–Crippen MR) is 133 cm³/mol. The van der Waals surface area contributed by atoms with E-state index in [4.69, 9.17) is 9.47 Å². The van der Waals surface area contributed by atoms with Crippen molar-refractivity contribution < 1.29 is 27.7 Å². The van der Waals surface area contributed by atoms with Gasteiger partial charge in [-0.25, -0.2) is 13.3 Å². The molecule has 3 rings (SSSR count). The molecular weight excluding hydrogens is 487 g/mol. The van der Waals surface area contributed by atoms with Gasteiger partial charge in [-0.3, -0.25) is 13.8 Å². The summed E-state index contributed by atoms with van der Waals surface area (Å²) in [6, 6.07) is 12.2. The van der Waals surface area contributed by atoms with Gasteiger partial charge in [-0.1, -0.05) is 42.2 Å². The van der Waals surface area contributed by atoms with Gasteiger partial charge in [-0.15, -0.1) is 0 Å². The Labute approximate surface area is 210 Å². The van der Waals surface area contributed by atoms with Crippen molar-refractivity contribution >= 4 is 29.1 Å². The van der Waals surface area contributed by atoms with Crippen LogP contribution in [-0.2, 0) is 38.6 Å². The molecule has 0 amide bonds. The maximum absolute atomic E-state index is 15.7. The van der Waals surface area contributed by atoms with Gasteiger partial charge in [-0.2, -0.15) is 5.10 Å². The molecule has 1 aromatic heterocycles. The zero-order valence-electron chi connectivity index (χ0n) is 19.8. The Morgan fingerprint density at radius 1 is 1.25 bits per heavy atom. The number of esters is 1. The van der Waals surface area contributed by atoms with Crippen LogP contribution in [0.25, 0.3) is 0 Å². The van der Waals surface area contributed by atoms with E-state index in [-0.39, 0.29) is 43.3 Å². The van der Waals surface area contributed by atoms with Crippen LogP contribution in [-0.4, -0.2) is 46.4 Å². The molecule has 11 heteroatoms. The highest BCUT2D eigenvalue weighted by molar-refractivity contribution is 7.84. The first kappa shape index (κ1) is 26.6. The van der Waals surface area contributed by atoms with E-state index < -0.39 is 23.0 Å². The lowest BCUT2D eigenvalue weighted by Crippen LogP contribution is -2.35. The molecule has 2 aromatic carbocycles. The zero-order chi connectivity index (χ0) is 25.9. The smallest absolute Gasteiger partial charge is 0.327 e. The monoisotopic (exact) mass is 512 g/mol. The molecular formula is C25H25FN4O5S. The molecule has 0 aliphatic rings. The van der Waals surface area contributed by atoms with Crippen molar-refractivity contribution in [1.29, 1.82) is 0 Å². The Kier molecular flexibility index (Phi) is 9.73. The molecule has 0 radical (unpaired) electrons. The van der Waals surface area contributed by atoms with Crippen LogP contribution in [0.4, 0.5) is 10.1 Å². The predicted octanol–water partition coefficient (Wildman–Crippen LogP) is 2.37. The summed E-state index contributed by atoms with van der Waals surface area (Å²) in [5.41, 5.74) is 1.15. The van der Waals surface area contributed by atoms with Gasteiger partial charge in [0.15, 0.2) is 17.0 Å². The van der Waals surface area contributed by atoms with Gasteiger partial charge in [0.25, 0.3) is 0 Å². The maximum atomic E-state index is 15.7. The summed E-state index contributed by atoms with van der Waals surface area (Å²) in [6.07, 6.45) is 3.50. The molecule has 1 N–H and O–H groups in total. The molecule has 9 nitrogen and oxygen atoms in total. The maximum Gasteiger partial charge on any atom is 0.327 e. The van der Waals surface area contributed by atoms with E-state index in [1.807, 2.05) is 30.3 Å². The highest BCUT2D eigenvalue weighted by Gasteiger charge is 2.24. The fourth-order valence-electron chi connectivity index (χ4n) is 3.14. The minimum atomic E-state index is -1.91. The second kappa shape index (κ2) is 13.2. The number of nitrogens with one attached hydrogen (secondary N) is 1. The number of aromatic nitrogens is 2. The van der Waals surface area contributed by atoms with Crippen molar-refractivity contribution in [3.63, 3.8) is 0 Å². The van der Waals surface area contributed by atoms with Gasteiger partial charge >= 0.3 is 5.97 Å². The third kappa shape index (κ3) is 7.00. The van der Waals surface area contributed by atoms with Crippen molar-refractivity contribution in [2.75, 3.05) is 24.5 Å². The summed E-state index contributed by atoms with van der Waals surface area (Å²) in [6.45, 7) is 1.69. The molecule has 1 unspecified atom stereocenters. The van der Waals surface area contributed by atoms with Gasteiger partial charge in [0.05, 0.1) is 30.5 Å². The first-order valence-corrected chi connectivity index (χ1v) is 12.1. The second-order valence-corrected chi connectivity index (χ2v) is 8.56. The number of hydrogen-bond donors (Lipinski definition) is 1. The van der Waals surface area contributed by atoms with Crippen LogP contribution in [0.1, 0.15) is 23.6 Å². The standard InChI is InChI=1S/C25H25FN4O5S/c1-3-34-23(32)17-29-16-20(15-28-29)9-10-21-11-12-22(35-18-19-7-5-4-6-8-19)25(24(21)26)30(13-14-31)36(33)27-2/h4-8,11-12,14-16,27H,3,13,17-18H2,1-2H3. The normalized spacial score (nSPS) is 11.2. The SMILES string of the molecule is CCOC(=O)Cn1cc(C#Cc2ccc(OCc3ccccc3)c(N(CC=O)S(=O)NC)c2F)cn1. The third-order valence-electron chi connectivity index (χ3n) is 4.75. The van der Waals surface area contributed by atoms with Crippen LogP contribution in [0.5, 0.6) is 5.75 Å². The van der Waals surface area contributed by atoms with E-state index in [0.29, 0.717) is 11.8 Å². The lowest BCUT2D eigenvalue weighted by Gasteiger charge is -2.24. The quantitative estimate of drug-likeness (QED) is 0.240. The van der Waals surface area contributed by atoms with Crippen LogP contribution in [0.3, 0.4) is 0 Å². The molecule has 0 fully saturated rings. The summed E-state index contributed by atoms with van der Waals surface area (Å²) in [5, 5.41) is 4.05. The van der Waals surface area contributed by atoms with Crippen molar-refractivity contribution in [1.82, 2.24) is 14.5 Å². The summed E-state index contributed by atoms with van der Waals surface area (Å²) < 4.78 is 43.9. The lowest BCUT2D eigenvalue weighted by molar-refractivity contribution is -0.144. The molecule has 0 spiro atoms. The Bertz CT molecular complexity index is 1290. The molecule has 0 saturated heterocycles. The van der Waals surface area contributed by atoms with Crippen molar-refractivity contribution in [3.05, 3.63) is 77.4 Å². The number of carbonyl (C=O) groups excluding carboxylic acids is 2. The molecule has 188 valence electrons. The highest BCUT2D eigenvalue weighted by Crippen LogP contribution is 2.34. The number of carbonyl (C=O) groups is 2. The Balaban J connectivity index is 1.94. The van der Waals surface area contributed by atoms with E-state index in [2.05, 4.69) is 21.7 Å². The molecule has 0 saturated carbocycles. The second-order valence-electron chi connectivity index (χ2n) is 7.21. The first-order valence-electron chi connectivity index (χ1n) is 11.0. The van der Waals surface area contributed by atoms with Gasteiger partial charge in [0, 0.05) is 6.20 Å². The number of ether oxygens (including phenoxy) is 2. The number of benzene rings is 2. The summed E-state index contributed by atoms with van der Waals surface area (Å²) in [5.74, 6) is 4.41. The van der Waals surface area contributed by atoms with E-state index >= 15 is 4.39 Å². The number of halogens is 1. The van der Waals surface area contributed by atoms with E-state index in [1.165, 1.54) is 36.3 Å². The van der Waals surface area contributed by atoms with Crippen LogP contribution < -0.4 is 13.8 Å². The average Bonchev–Trinajstić information content (AvgIpc) is 3.33. The summed E-state index contributed by atoms with van der Waals surface area (Å²) in [7, 11) is 1.42. The fraction of sp³-hybridized carbons (Fsp3) is 0.240. The van der Waals surface area contributed by atoms with E-state index in [0.717, 1.165) is 9.87 Å². The average molecular weight is 513 g/mol. The molecule has 1 atom stereocenters. The fourth-order valence-corrected chi connectivity index (χ4v) is 3.89. The molecule has 36 heavy (non-hydrogen) atoms. The number of rotatable bonds is 11. The van der Waals surface area contributed by atoms with Crippen LogP contribution in [0.2, 0.25) is 0 Å². The number of anilines is 1. The molecule has 0 aliphatic heterocycles. The van der Waals surface area contributed by atoms with Crippen LogP contribution in [0.15, 0.2) is 54.9 Å². The minimum Gasteiger partial charge on any atom is -0.487 e. The van der Waals surface area contributed by atoms with Gasteiger partial charge < -0.3 is 14.3 Å². The van der Waals surface area contributed by atoms with Crippen molar-refractivity contribution in [2.24, 2.45) is 0 Å². The largest absolute Gasteiger partial charge is 0.487 e. The number of aldehydes is 1. The molecule has 3 aromatic rings. The van der Waals surface area contributed by atoms with Crippen molar-refractivity contribution in [2.45, 2.75) is 20.1 Å². The molecule has 1 heterocycles. The highest BCUT2D eigenvalue weighted by atomic mass is 32.2. The van der Waals surface area contributed by atoms with Gasteiger partial charge in [-0.05, 0) is 31.7 Å².